The molecule has 4 heteroatoms. The topological polar surface area (TPSA) is 55.4 Å². The second-order valence-corrected chi connectivity index (χ2v) is 6.02. The second kappa shape index (κ2) is 7.77. The Bertz CT molecular complexity index is 752. The number of nitrogens with one attached hydrogen (secondary N) is 1. The van der Waals surface area contributed by atoms with E-state index < -0.39 is 0 Å². The van der Waals surface area contributed by atoms with Crippen LogP contribution in [0.15, 0.2) is 42.5 Å². The van der Waals surface area contributed by atoms with E-state index in [2.05, 4.69) is 23.5 Å². The van der Waals surface area contributed by atoms with E-state index in [-0.39, 0.29) is 24.3 Å². The first-order valence-electron chi connectivity index (χ1n) is 7.97. The van der Waals surface area contributed by atoms with Crippen molar-refractivity contribution in [3.8, 4) is 5.75 Å². The summed E-state index contributed by atoms with van der Waals surface area (Å²) < 4.78 is 5.49. The van der Waals surface area contributed by atoms with Crippen molar-refractivity contribution >= 4 is 11.7 Å². The molecule has 24 heavy (non-hydrogen) atoms. The molecule has 2 aromatic carbocycles. The first-order chi connectivity index (χ1) is 11.4. The molecule has 0 saturated heterocycles. The smallest absolute Gasteiger partial charge is 0.258 e. The first-order valence-corrected chi connectivity index (χ1v) is 7.97. The highest BCUT2D eigenvalue weighted by molar-refractivity contribution is 5.94. The second-order valence-electron chi connectivity index (χ2n) is 6.02. The summed E-state index contributed by atoms with van der Waals surface area (Å²) in [5.74, 6) is 0.280. The Morgan fingerprint density at radius 1 is 1.12 bits per heavy atom. The molecule has 0 aromatic heterocycles. The van der Waals surface area contributed by atoms with Crippen molar-refractivity contribution in [3.05, 3.63) is 64.7 Å². The van der Waals surface area contributed by atoms with E-state index in [9.17, 15) is 9.59 Å². The van der Waals surface area contributed by atoms with Crippen molar-refractivity contribution in [1.29, 1.82) is 0 Å². The number of carbonyl (C=O) groups is 2. The number of rotatable bonds is 6. The lowest BCUT2D eigenvalue weighted by molar-refractivity contribution is -0.123. The van der Waals surface area contributed by atoms with Gasteiger partial charge in [-0.05, 0) is 51.0 Å². The van der Waals surface area contributed by atoms with Gasteiger partial charge in [-0.25, -0.2) is 0 Å². The van der Waals surface area contributed by atoms with E-state index >= 15 is 0 Å². The molecule has 0 fully saturated rings. The van der Waals surface area contributed by atoms with Gasteiger partial charge in [-0.2, -0.15) is 0 Å². The highest BCUT2D eigenvalue weighted by Gasteiger charge is 2.12. The maximum absolute atomic E-state index is 12.1. The quantitative estimate of drug-likeness (QED) is 0.823. The van der Waals surface area contributed by atoms with Crippen molar-refractivity contribution in [1.82, 2.24) is 5.32 Å². The number of carbonyl (C=O) groups excluding carboxylic acids is 2. The number of ketones is 1. The number of hydrogen-bond acceptors (Lipinski definition) is 3. The van der Waals surface area contributed by atoms with E-state index in [1.807, 2.05) is 20.8 Å². The fourth-order valence-corrected chi connectivity index (χ4v) is 2.54. The zero-order chi connectivity index (χ0) is 17.7. The number of benzene rings is 2. The van der Waals surface area contributed by atoms with Crippen LogP contribution in [0.4, 0.5) is 0 Å². The molecular weight excluding hydrogens is 302 g/mol. The molecule has 1 atom stereocenters. The molecular formula is C20H23NO3. The van der Waals surface area contributed by atoms with Crippen LogP contribution in [0.5, 0.6) is 5.75 Å². The van der Waals surface area contributed by atoms with Crippen LogP contribution in [0.1, 0.15) is 46.9 Å². The molecule has 0 saturated carbocycles. The predicted molar refractivity (Wildman–Crippen MR) is 94.4 cm³/mol. The summed E-state index contributed by atoms with van der Waals surface area (Å²) in [6.45, 7) is 7.42. The minimum Gasteiger partial charge on any atom is -0.484 e. The third-order valence-corrected chi connectivity index (χ3v) is 3.89. The Morgan fingerprint density at radius 2 is 1.88 bits per heavy atom. The van der Waals surface area contributed by atoms with Crippen molar-refractivity contribution in [3.63, 3.8) is 0 Å². The van der Waals surface area contributed by atoms with Crippen LogP contribution < -0.4 is 10.1 Å². The van der Waals surface area contributed by atoms with E-state index in [0.717, 1.165) is 16.7 Å². The zero-order valence-corrected chi connectivity index (χ0v) is 14.6. The molecule has 126 valence electrons. The number of hydrogen-bond donors (Lipinski definition) is 1. The summed E-state index contributed by atoms with van der Waals surface area (Å²) >= 11 is 0. The van der Waals surface area contributed by atoms with Gasteiger partial charge < -0.3 is 10.1 Å². The Labute approximate surface area is 142 Å². The SMILES string of the molecule is CC(=O)c1cccc(OCC(=O)NC(C)c2cc(C)ccc2C)c1. The van der Waals surface area contributed by atoms with Crippen molar-refractivity contribution in [2.75, 3.05) is 6.61 Å². The van der Waals surface area contributed by atoms with Crippen LogP contribution >= 0.6 is 0 Å². The number of amides is 1. The summed E-state index contributed by atoms with van der Waals surface area (Å²) in [4.78, 5) is 23.5. The third-order valence-electron chi connectivity index (χ3n) is 3.89. The van der Waals surface area contributed by atoms with Crippen molar-refractivity contribution in [2.45, 2.75) is 33.7 Å². The average Bonchev–Trinajstić information content (AvgIpc) is 2.55. The highest BCUT2D eigenvalue weighted by Crippen LogP contribution is 2.19. The predicted octanol–water partition coefficient (Wildman–Crippen LogP) is 3.76. The van der Waals surface area contributed by atoms with Crippen LogP contribution in [0.3, 0.4) is 0 Å². The molecule has 0 bridgehead atoms. The molecule has 1 N–H and O–H groups in total. The standard InChI is InChI=1S/C20H23NO3/c1-13-8-9-14(2)19(10-13)15(3)21-20(23)12-24-18-7-5-6-17(11-18)16(4)22/h5-11,15H,12H2,1-4H3,(H,21,23). The lowest BCUT2D eigenvalue weighted by Crippen LogP contribution is -2.31. The molecule has 0 heterocycles. The van der Waals surface area contributed by atoms with E-state index in [1.54, 1.807) is 24.3 Å². The summed E-state index contributed by atoms with van der Waals surface area (Å²) in [7, 11) is 0. The van der Waals surface area contributed by atoms with Gasteiger partial charge in [0.2, 0.25) is 0 Å². The van der Waals surface area contributed by atoms with Crippen LogP contribution in [-0.4, -0.2) is 18.3 Å². The Morgan fingerprint density at radius 3 is 2.58 bits per heavy atom. The van der Waals surface area contributed by atoms with E-state index in [1.165, 1.54) is 6.92 Å². The summed E-state index contributed by atoms with van der Waals surface area (Å²) in [6, 6.07) is 12.9. The zero-order valence-electron chi connectivity index (χ0n) is 14.6. The van der Waals surface area contributed by atoms with Crippen molar-refractivity contribution in [2.24, 2.45) is 0 Å². The first kappa shape index (κ1) is 17.7. The number of ether oxygens (including phenoxy) is 1. The molecule has 2 aromatic rings. The summed E-state index contributed by atoms with van der Waals surface area (Å²) in [5.41, 5.74) is 3.97. The van der Waals surface area contributed by atoms with Gasteiger partial charge in [0.05, 0.1) is 6.04 Å². The van der Waals surface area contributed by atoms with Gasteiger partial charge in [0, 0.05) is 5.56 Å². The fourth-order valence-electron chi connectivity index (χ4n) is 2.54. The van der Waals surface area contributed by atoms with E-state index in [4.69, 9.17) is 4.74 Å². The average molecular weight is 325 g/mol. The maximum atomic E-state index is 12.1. The molecule has 1 unspecified atom stereocenters. The Kier molecular flexibility index (Phi) is 5.74. The molecule has 0 spiro atoms. The van der Waals surface area contributed by atoms with Crippen LogP contribution in [-0.2, 0) is 4.79 Å². The molecule has 1 amide bonds. The minimum absolute atomic E-state index is 0.0338. The molecule has 0 radical (unpaired) electrons. The van der Waals surface area contributed by atoms with Gasteiger partial charge in [-0.1, -0.05) is 35.9 Å². The van der Waals surface area contributed by atoms with E-state index in [0.29, 0.717) is 11.3 Å². The molecule has 0 aliphatic rings. The minimum atomic E-state index is -0.198. The Balaban J connectivity index is 1.94. The summed E-state index contributed by atoms with van der Waals surface area (Å²) in [6.07, 6.45) is 0. The molecule has 4 nitrogen and oxygen atoms in total. The van der Waals surface area contributed by atoms with Gasteiger partial charge >= 0.3 is 0 Å². The van der Waals surface area contributed by atoms with Gasteiger partial charge in [-0.3, -0.25) is 9.59 Å². The van der Waals surface area contributed by atoms with Gasteiger partial charge in [0.25, 0.3) is 5.91 Å². The van der Waals surface area contributed by atoms with Crippen LogP contribution in [0.2, 0.25) is 0 Å². The molecule has 0 aliphatic carbocycles. The lowest BCUT2D eigenvalue weighted by Gasteiger charge is -2.17. The van der Waals surface area contributed by atoms with Gasteiger partial charge in [0.1, 0.15) is 5.75 Å². The maximum Gasteiger partial charge on any atom is 0.258 e. The van der Waals surface area contributed by atoms with Crippen molar-refractivity contribution < 1.29 is 14.3 Å². The third kappa shape index (κ3) is 4.69. The van der Waals surface area contributed by atoms with Crippen LogP contribution in [0.25, 0.3) is 0 Å². The van der Waals surface area contributed by atoms with Gasteiger partial charge in [-0.15, -0.1) is 0 Å². The monoisotopic (exact) mass is 325 g/mol. The largest absolute Gasteiger partial charge is 0.484 e. The van der Waals surface area contributed by atoms with Gasteiger partial charge in [0.15, 0.2) is 12.4 Å². The number of aryl methyl sites for hydroxylation is 2. The lowest BCUT2D eigenvalue weighted by atomic mass is 10.00. The molecule has 2 rings (SSSR count). The number of Topliss-reactive ketones (excluding diaryl/α,β-unsaturated/α-hetero) is 1. The highest BCUT2D eigenvalue weighted by atomic mass is 16.5. The summed E-state index contributed by atoms with van der Waals surface area (Å²) in [5, 5.41) is 2.94. The fraction of sp³-hybridized carbons (Fsp3) is 0.300. The van der Waals surface area contributed by atoms with Crippen LogP contribution in [0, 0.1) is 13.8 Å². The Hall–Kier alpha value is -2.62. The normalized spacial score (nSPS) is 11.7. The molecule has 0 aliphatic heterocycles.